The Labute approximate surface area is 120 Å². The third-order valence-electron chi connectivity index (χ3n) is 3.82. The predicted molar refractivity (Wildman–Crippen MR) is 80.4 cm³/mol. The molecule has 0 radical (unpaired) electrons. The summed E-state index contributed by atoms with van der Waals surface area (Å²) in [6, 6.07) is 1.85. The van der Waals surface area contributed by atoms with E-state index >= 15 is 0 Å². The van der Waals surface area contributed by atoms with Crippen LogP contribution in [0.5, 0.6) is 0 Å². The third kappa shape index (κ3) is 1.88. The number of hydrogen-bond acceptors (Lipinski definition) is 4. The van der Waals surface area contributed by atoms with Crippen LogP contribution in [-0.4, -0.2) is 23.9 Å². The Hall–Kier alpha value is -2.44. The molecule has 0 unspecified atom stereocenters. The molecule has 0 saturated heterocycles. The van der Waals surface area contributed by atoms with E-state index in [2.05, 4.69) is 17.1 Å². The molecule has 110 valence electrons. The molecule has 0 aliphatic rings. The Balaban J connectivity index is 2.50. The van der Waals surface area contributed by atoms with Gasteiger partial charge in [0.05, 0.1) is 5.52 Å². The van der Waals surface area contributed by atoms with Crippen LogP contribution < -0.4 is 11.2 Å². The molecule has 3 rings (SSSR count). The largest absolute Gasteiger partial charge is 0.345 e. The molecular formula is C14H17N5O2. The monoisotopic (exact) mass is 287 g/mol. The summed E-state index contributed by atoms with van der Waals surface area (Å²) < 4.78 is 4.49. The fourth-order valence-electron chi connectivity index (χ4n) is 2.59. The highest BCUT2D eigenvalue weighted by Crippen LogP contribution is 2.19. The first kappa shape index (κ1) is 13.5. The lowest BCUT2D eigenvalue weighted by atomic mass is 10.3. The topological polar surface area (TPSA) is 74.7 Å². The molecule has 3 aromatic heterocycles. The van der Waals surface area contributed by atoms with Crippen molar-refractivity contribution in [1.29, 1.82) is 0 Å². The summed E-state index contributed by atoms with van der Waals surface area (Å²) in [6.07, 6.45) is 3.99. The minimum Gasteiger partial charge on any atom is -0.345 e. The first-order valence-corrected chi connectivity index (χ1v) is 6.97. The second kappa shape index (κ2) is 4.83. The summed E-state index contributed by atoms with van der Waals surface area (Å²) in [4.78, 5) is 24.5. The molecule has 0 N–H and O–H groups in total. The van der Waals surface area contributed by atoms with Crippen LogP contribution in [0, 0.1) is 0 Å². The minimum absolute atomic E-state index is 0.326. The summed E-state index contributed by atoms with van der Waals surface area (Å²) in [6.45, 7) is 2.93. The van der Waals surface area contributed by atoms with Crippen molar-refractivity contribution in [3.05, 3.63) is 33.1 Å². The quantitative estimate of drug-likeness (QED) is 0.713. The molecule has 0 aliphatic heterocycles. The molecule has 0 saturated carbocycles. The zero-order valence-electron chi connectivity index (χ0n) is 12.3. The summed E-state index contributed by atoms with van der Waals surface area (Å²) in [5, 5.41) is 8.63. The van der Waals surface area contributed by atoms with Gasteiger partial charge >= 0.3 is 5.69 Å². The van der Waals surface area contributed by atoms with Gasteiger partial charge in [0.15, 0.2) is 5.65 Å². The molecule has 0 bridgehead atoms. The number of aryl methyl sites for hydroxylation is 2. The van der Waals surface area contributed by atoms with Gasteiger partial charge in [0.2, 0.25) is 0 Å². The number of fused-ring (bicyclic) bond motifs is 3. The van der Waals surface area contributed by atoms with E-state index in [1.54, 1.807) is 7.05 Å². The zero-order chi connectivity index (χ0) is 15.1. The molecule has 0 fully saturated rings. The van der Waals surface area contributed by atoms with Gasteiger partial charge in [-0.05, 0) is 12.5 Å². The van der Waals surface area contributed by atoms with Gasteiger partial charge in [-0.25, -0.2) is 4.79 Å². The lowest BCUT2D eigenvalue weighted by molar-refractivity contribution is 0.649. The molecule has 21 heavy (non-hydrogen) atoms. The van der Waals surface area contributed by atoms with Crippen molar-refractivity contribution >= 4 is 22.1 Å². The van der Waals surface area contributed by atoms with E-state index < -0.39 is 5.69 Å². The maximum atomic E-state index is 12.5. The average molecular weight is 287 g/mol. The maximum absolute atomic E-state index is 12.5. The number of hydrogen-bond donors (Lipinski definition) is 0. The van der Waals surface area contributed by atoms with Crippen LogP contribution in [0.2, 0.25) is 0 Å². The fraction of sp³-hybridized carbons (Fsp3) is 0.429. The highest BCUT2D eigenvalue weighted by atomic mass is 16.2. The van der Waals surface area contributed by atoms with Crippen LogP contribution in [0.3, 0.4) is 0 Å². The highest BCUT2D eigenvalue weighted by Gasteiger charge is 2.16. The molecular weight excluding hydrogens is 270 g/mol. The van der Waals surface area contributed by atoms with E-state index in [1.165, 1.54) is 11.6 Å². The highest BCUT2D eigenvalue weighted by molar-refractivity contribution is 5.99. The lowest BCUT2D eigenvalue weighted by Gasteiger charge is -2.09. The van der Waals surface area contributed by atoms with Crippen LogP contribution in [-0.2, 0) is 20.6 Å². The molecule has 0 aliphatic carbocycles. The van der Waals surface area contributed by atoms with Crippen molar-refractivity contribution in [1.82, 2.24) is 23.9 Å². The molecule has 0 aromatic carbocycles. The summed E-state index contributed by atoms with van der Waals surface area (Å²) in [5.74, 6) is 0. The molecule has 0 atom stereocenters. The maximum Gasteiger partial charge on any atom is 0.332 e. The van der Waals surface area contributed by atoms with E-state index in [0.717, 1.165) is 29.5 Å². The number of unbranched alkanes of at least 4 members (excludes halogenated alkanes) is 1. The zero-order valence-corrected chi connectivity index (χ0v) is 12.3. The normalized spacial score (nSPS) is 11.6. The molecule has 0 amide bonds. The van der Waals surface area contributed by atoms with Gasteiger partial charge < -0.3 is 4.57 Å². The predicted octanol–water partition coefficient (Wildman–Crippen LogP) is 0.782. The molecule has 3 aromatic rings. The molecule has 7 heteroatoms. The summed E-state index contributed by atoms with van der Waals surface area (Å²) >= 11 is 0. The van der Waals surface area contributed by atoms with Crippen molar-refractivity contribution in [2.24, 2.45) is 14.1 Å². The standard InChI is InChI=1S/C14H17N5O2/c1-4-5-7-19-8-6-9-11(19)10-12(16-15-9)17(2)14(21)18(3)13(10)20/h6,8H,4-5,7H2,1-3H3. The smallest absolute Gasteiger partial charge is 0.332 e. The first-order valence-electron chi connectivity index (χ1n) is 6.97. The van der Waals surface area contributed by atoms with Crippen molar-refractivity contribution in [3.8, 4) is 0 Å². The van der Waals surface area contributed by atoms with E-state index in [-0.39, 0.29) is 5.56 Å². The van der Waals surface area contributed by atoms with Crippen LogP contribution >= 0.6 is 0 Å². The molecule has 7 nitrogen and oxygen atoms in total. The van der Waals surface area contributed by atoms with Crippen LogP contribution in [0.4, 0.5) is 0 Å². The summed E-state index contributed by atoms with van der Waals surface area (Å²) in [7, 11) is 3.08. The second-order valence-corrected chi connectivity index (χ2v) is 5.20. The van der Waals surface area contributed by atoms with Crippen molar-refractivity contribution in [2.45, 2.75) is 26.3 Å². The van der Waals surface area contributed by atoms with Crippen LogP contribution in [0.25, 0.3) is 22.1 Å². The number of aromatic nitrogens is 5. The van der Waals surface area contributed by atoms with E-state index in [1.807, 2.05) is 16.8 Å². The first-order chi connectivity index (χ1) is 10.1. The van der Waals surface area contributed by atoms with Crippen molar-refractivity contribution < 1.29 is 0 Å². The van der Waals surface area contributed by atoms with Gasteiger partial charge in [0, 0.05) is 26.8 Å². The van der Waals surface area contributed by atoms with Crippen LogP contribution in [0.15, 0.2) is 21.9 Å². The van der Waals surface area contributed by atoms with Crippen LogP contribution in [0.1, 0.15) is 19.8 Å². The Morgan fingerprint density at radius 1 is 1.14 bits per heavy atom. The Bertz CT molecular complexity index is 948. The fourth-order valence-corrected chi connectivity index (χ4v) is 2.59. The van der Waals surface area contributed by atoms with Gasteiger partial charge in [0.1, 0.15) is 10.9 Å². The number of nitrogens with zero attached hydrogens (tertiary/aromatic N) is 5. The SMILES string of the molecule is CCCCn1ccc2nnc3c(c(=O)n(C)c(=O)n3C)c21. The minimum atomic E-state index is -0.396. The van der Waals surface area contributed by atoms with Crippen molar-refractivity contribution in [2.75, 3.05) is 0 Å². The van der Waals surface area contributed by atoms with E-state index in [4.69, 9.17) is 0 Å². The third-order valence-corrected chi connectivity index (χ3v) is 3.82. The summed E-state index contributed by atoms with van der Waals surface area (Å²) in [5.41, 5.74) is 1.03. The van der Waals surface area contributed by atoms with Gasteiger partial charge in [-0.3, -0.25) is 13.9 Å². The molecule has 3 heterocycles. The van der Waals surface area contributed by atoms with E-state index in [0.29, 0.717) is 16.6 Å². The molecule has 0 spiro atoms. The van der Waals surface area contributed by atoms with E-state index in [9.17, 15) is 9.59 Å². The van der Waals surface area contributed by atoms with Gasteiger partial charge in [-0.1, -0.05) is 13.3 Å². The average Bonchev–Trinajstić information content (AvgIpc) is 2.91. The van der Waals surface area contributed by atoms with Gasteiger partial charge in [-0.15, -0.1) is 10.2 Å². The number of rotatable bonds is 3. The Morgan fingerprint density at radius 3 is 2.62 bits per heavy atom. The van der Waals surface area contributed by atoms with Gasteiger partial charge in [0.25, 0.3) is 5.56 Å². The van der Waals surface area contributed by atoms with Gasteiger partial charge in [-0.2, -0.15) is 0 Å². The lowest BCUT2D eigenvalue weighted by Crippen LogP contribution is -2.37. The Kier molecular flexibility index (Phi) is 3.12. The van der Waals surface area contributed by atoms with Crippen molar-refractivity contribution in [3.63, 3.8) is 0 Å². The Morgan fingerprint density at radius 2 is 1.90 bits per heavy atom. The second-order valence-electron chi connectivity index (χ2n) is 5.20.